The Labute approximate surface area is 146 Å². The van der Waals surface area contributed by atoms with E-state index in [1.165, 1.54) is 5.01 Å². The number of ether oxygens (including phenoxy) is 1. The molecule has 1 amide bonds. The molecule has 5 nitrogen and oxygen atoms in total. The average Bonchev–Trinajstić information content (AvgIpc) is 2.60. The van der Waals surface area contributed by atoms with Crippen molar-refractivity contribution >= 4 is 23.2 Å². The normalized spacial score (nSPS) is 9.83. The second kappa shape index (κ2) is 8.69. The average molecular weight is 341 g/mol. The Morgan fingerprint density at radius 3 is 2.46 bits per heavy atom. The molecule has 0 fully saturated rings. The van der Waals surface area contributed by atoms with Crippen molar-refractivity contribution in [3.05, 3.63) is 78.4 Å². The van der Waals surface area contributed by atoms with Crippen molar-refractivity contribution in [3.63, 3.8) is 0 Å². The van der Waals surface area contributed by atoms with Crippen LogP contribution in [0.25, 0.3) is 0 Å². The van der Waals surface area contributed by atoms with Crippen molar-refractivity contribution in [2.75, 3.05) is 6.54 Å². The molecular formula is C18H19N3O2S. The van der Waals surface area contributed by atoms with Crippen molar-refractivity contribution in [1.29, 1.82) is 0 Å². The second-order valence-electron chi connectivity index (χ2n) is 4.98. The van der Waals surface area contributed by atoms with Crippen LogP contribution >= 0.6 is 12.2 Å². The Morgan fingerprint density at radius 1 is 1.21 bits per heavy atom. The lowest BCUT2D eigenvalue weighted by atomic mass is 10.2. The molecule has 0 unspecified atom stereocenters. The number of hydrogen-bond acceptors (Lipinski definition) is 3. The van der Waals surface area contributed by atoms with Crippen LogP contribution in [0.4, 0.5) is 0 Å². The van der Waals surface area contributed by atoms with Crippen molar-refractivity contribution in [3.8, 4) is 5.75 Å². The van der Waals surface area contributed by atoms with Gasteiger partial charge in [-0.05, 0) is 42.0 Å². The van der Waals surface area contributed by atoms with Crippen LogP contribution in [-0.2, 0) is 6.61 Å². The molecule has 0 aliphatic rings. The van der Waals surface area contributed by atoms with Gasteiger partial charge in [0.1, 0.15) is 12.4 Å². The van der Waals surface area contributed by atoms with E-state index in [0.717, 1.165) is 5.56 Å². The van der Waals surface area contributed by atoms with Crippen LogP contribution in [0.3, 0.4) is 0 Å². The zero-order chi connectivity index (χ0) is 17.4. The van der Waals surface area contributed by atoms with E-state index in [9.17, 15) is 4.79 Å². The van der Waals surface area contributed by atoms with Gasteiger partial charge in [-0.25, -0.2) is 0 Å². The summed E-state index contributed by atoms with van der Waals surface area (Å²) in [5.74, 6) is 0.381. The van der Waals surface area contributed by atoms with Crippen LogP contribution in [0.5, 0.6) is 5.75 Å². The first-order chi connectivity index (χ1) is 11.6. The van der Waals surface area contributed by atoms with E-state index >= 15 is 0 Å². The highest BCUT2D eigenvalue weighted by molar-refractivity contribution is 7.80. The predicted octanol–water partition coefficient (Wildman–Crippen LogP) is 2.64. The van der Waals surface area contributed by atoms with E-state index in [1.807, 2.05) is 30.3 Å². The molecule has 0 aliphatic carbocycles. The van der Waals surface area contributed by atoms with Gasteiger partial charge in [0.15, 0.2) is 5.11 Å². The molecule has 2 rings (SSSR count). The third-order valence-electron chi connectivity index (χ3n) is 3.18. The number of benzene rings is 2. The second-order valence-corrected chi connectivity index (χ2v) is 5.40. The predicted molar refractivity (Wildman–Crippen MR) is 98.4 cm³/mol. The number of carbonyl (C=O) groups excluding carboxylic acids is 1. The fourth-order valence-electron chi connectivity index (χ4n) is 1.95. The smallest absolute Gasteiger partial charge is 0.269 e. The lowest BCUT2D eigenvalue weighted by Gasteiger charge is -2.21. The Bertz CT molecular complexity index is 702. The maximum Gasteiger partial charge on any atom is 0.269 e. The molecular weight excluding hydrogens is 322 g/mol. The number of nitrogens with two attached hydrogens (primary N) is 1. The summed E-state index contributed by atoms with van der Waals surface area (Å²) in [6.07, 6.45) is 1.60. The molecule has 0 saturated heterocycles. The fourth-order valence-corrected chi connectivity index (χ4v) is 2.07. The summed E-state index contributed by atoms with van der Waals surface area (Å²) in [4.78, 5) is 12.2. The van der Waals surface area contributed by atoms with Gasteiger partial charge in [0, 0.05) is 5.56 Å². The van der Waals surface area contributed by atoms with Gasteiger partial charge in [0.2, 0.25) is 0 Å². The number of amides is 1. The minimum Gasteiger partial charge on any atom is -0.489 e. The van der Waals surface area contributed by atoms with Crippen molar-refractivity contribution in [1.82, 2.24) is 10.4 Å². The molecule has 0 spiro atoms. The quantitative estimate of drug-likeness (QED) is 0.480. The third-order valence-corrected chi connectivity index (χ3v) is 3.40. The van der Waals surface area contributed by atoms with Gasteiger partial charge in [0.25, 0.3) is 5.91 Å². The standard InChI is InChI=1S/C18H19N3O2S/c1-2-12-21(18(19)24)20-17(22)15-8-10-16(11-9-15)23-13-14-6-4-3-5-7-14/h2-11H,1,12-13H2,(H2,19,24)(H,20,22). The summed E-state index contributed by atoms with van der Waals surface area (Å²) >= 11 is 4.87. The van der Waals surface area contributed by atoms with Gasteiger partial charge >= 0.3 is 0 Å². The third kappa shape index (κ3) is 5.10. The summed E-state index contributed by atoms with van der Waals surface area (Å²) in [7, 11) is 0. The summed E-state index contributed by atoms with van der Waals surface area (Å²) in [6, 6.07) is 16.7. The Hall–Kier alpha value is -2.86. The van der Waals surface area contributed by atoms with Crippen LogP contribution in [0.15, 0.2) is 67.3 Å². The number of nitrogens with one attached hydrogen (secondary N) is 1. The topological polar surface area (TPSA) is 67.6 Å². The fraction of sp³-hybridized carbons (Fsp3) is 0.111. The molecule has 0 heterocycles. The molecule has 0 radical (unpaired) electrons. The molecule has 2 aromatic carbocycles. The van der Waals surface area contributed by atoms with Crippen LogP contribution < -0.4 is 15.9 Å². The van der Waals surface area contributed by atoms with E-state index in [2.05, 4.69) is 12.0 Å². The van der Waals surface area contributed by atoms with E-state index < -0.39 is 0 Å². The summed E-state index contributed by atoms with van der Waals surface area (Å²) in [5.41, 5.74) is 9.73. The lowest BCUT2D eigenvalue weighted by molar-refractivity contribution is 0.0879. The van der Waals surface area contributed by atoms with Gasteiger partial charge in [-0.2, -0.15) is 0 Å². The van der Waals surface area contributed by atoms with Crippen LogP contribution in [0.1, 0.15) is 15.9 Å². The zero-order valence-electron chi connectivity index (χ0n) is 13.1. The molecule has 0 saturated carbocycles. The molecule has 6 heteroatoms. The maximum atomic E-state index is 12.2. The molecule has 24 heavy (non-hydrogen) atoms. The number of hydrazine groups is 1. The van der Waals surface area contributed by atoms with Crippen LogP contribution in [0, 0.1) is 0 Å². The number of nitrogens with zero attached hydrogens (tertiary/aromatic N) is 1. The Balaban J connectivity index is 1.94. The van der Waals surface area contributed by atoms with Crippen LogP contribution in [0.2, 0.25) is 0 Å². The van der Waals surface area contributed by atoms with Gasteiger partial charge in [-0.15, -0.1) is 6.58 Å². The zero-order valence-corrected chi connectivity index (χ0v) is 14.0. The maximum absolute atomic E-state index is 12.2. The van der Waals surface area contributed by atoms with E-state index in [1.54, 1.807) is 30.3 Å². The highest BCUT2D eigenvalue weighted by Gasteiger charge is 2.11. The Morgan fingerprint density at radius 2 is 1.88 bits per heavy atom. The molecule has 124 valence electrons. The van der Waals surface area contributed by atoms with Gasteiger partial charge in [0.05, 0.1) is 6.54 Å². The lowest BCUT2D eigenvalue weighted by Crippen LogP contribution is -2.48. The minimum absolute atomic E-state index is 0.0751. The van der Waals surface area contributed by atoms with Gasteiger partial charge < -0.3 is 10.5 Å². The first kappa shape index (κ1) is 17.5. The first-order valence-corrected chi connectivity index (χ1v) is 7.76. The van der Waals surface area contributed by atoms with E-state index in [0.29, 0.717) is 24.5 Å². The molecule has 2 aromatic rings. The minimum atomic E-state index is -0.306. The van der Waals surface area contributed by atoms with Crippen molar-refractivity contribution < 1.29 is 9.53 Å². The number of thiocarbonyl (C=S) groups is 1. The largest absolute Gasteiger partial charge is 0.489 e. The molecule has 0 atom stereocenters. The number of hydrogen-bond donors (Lipinski definition) is 2. The molecule has 0 aliphatic heterocycles. The van der Waals surface area contributed by atoms with Crippen molar-refractivity contribution in [2.24, 2.45) is 5.73 Å². The summed E-state index contributed by atoms with van der Waals surface area (Å²) < 4.78 is 5.69. The molecule has 0 aromatic heterocycles. The van der Waals surface area contributed by atoms with E-state index in [4.69, 9.17) is 22.7 Å². The van der Waals surface area contributed by atoms with Gasteiger partial charge in [-0.3, -0.25) is 15.2 Å². The monoisotopic (exact) mass is 341 g/mol. The molecule has 3 N–H and O–H groups in total. The first-order valence-electron chi connectivity index (χ1n) is 7.36. The Kier molecular flexibility index (Phi) is 6.33. The summed E-state index contributed by atoms with van der Waals surface area (Å²) in [6.45, 7) is 4.40. The van der Waals surface area contributed by atoms with Gasteiger partial charge in [-0.1, -0.05) is 36.4 Å². The van der Waals surface area contributed by atoms with E-state index in [-0.39, 0.29) is 11.0 Å². The highest BCUT2D eigenvalue weighted by Crippen LogP contribution is 2.14. The van der Waals surface area contributed by atoms with Crippen LogP contribution in [-0.4, -0.2) is 22.6 Å². The SMILES string of the molecule is C=CCN(NC(=O)c1ccc(OCc2ccccc2)cc1)C(N)=S. The van der Waals surface area contributed by atoms with Crippen molar-refractivity contribution in [2.45, 2.75) is 6.61 Å². The highest BCUT2D eigenvalue weighted by atomic mass is 32.1. The number of rotatable bonds is 6. The molecule has 0 bridgehead atoms. The number of carbonyl (C=O) groups is 1. The summed E-state index contributed by atoms with van der Waals surface area (Å²) in [5, 5.41) is 1.43.